The maximum Gasteiger partial charge on any atom is 0.414 e. The average molecular weight is 287 g/mol. The van der Waals surface area contributed by atoms with Crippen molar-refractivity contribution in [1.29, 1.82) is 0 Å². The van der Waals surface area contributed by atoms with Crippen molar-refractivity contribution in [3.8, 4) is 0 Å². The fraction of sp³-hybridized carbons (Fsp3) is 0.286. The molecular formula is C7H6BrF3N2O2. The molecule has 1 rings (SSSR count). The smallest absolute Gasteiger partial charge is 0.356 e. The molecule has 2 N–H and O–H groups in total. The highest BCUT2D eigenvalue weighted by Gasteiger charge is 2.28. The minimum absolute atomic E-state index is 0.101. The minimum Gasteiger partial charge on any atom is -0.356 e. The minimum atomic E-state index is -4.47. The maximum absolute atomic E-state index is 11.6. The summed E-state index contributed by atoms with van der Waals surface area (Å²) < 4.78 is 35.5. The van der Waals surface area contributed by atoms with Crippen LogP contribution < -0.4 is 5.48 Å². The molecule has 0 aromatic carbocycles. The molecule has 0 spiro atoms. The van der Waals surface area contributed by atoms with E-state index in [1.165, 1.54) is 12.3 Å². The first-order valence-electron chi connectivity index (χ1n) is 3.71. The lowest BCUT2D eigenvalue weighted by atomic mass is 10.4. The first kappa shape index (κ1) is 12.1. The zero-order chi connectivity index (χ0) is 11.5. The van der Waals surface area contributed by atoms with E-state index in [0.29, 0.717) is 4.47 Å². The van der Waals surface area contributed by atoms with E-state index < -0.39 is 18.7 Å². The van der Waals surface area contributed by atoms with Crippen LogP contribution in [0.5, 0.6) is 0 Å². The Bertz CT molecular complexity index is 350. The molecule has 1 aromatic rings. The Hall–Kier alpha value is -1.02. The molecule has 1 aromatic heterocycles. The van der Waals surface area contributed by atoms with E-state index in [4.69, 9.17) is 0 Å². The SMILES string of the molecule is O=C(NOCC(F)(F)F)c1cc(Br)c[nH]1. The number of halogens is 4. The van der Waals surface area contributed by atoms with Gasteiger partial charge < -0.3 is 4.98 Å². The van der Waals surface area contributed by atoms with Crippen LogP contribution in [-0.2, 0) is 4.84 Å². The number of aromatic amines is 1. The van der Waals surface area contributed by atoms with E-state index >= 15 is 0 Å². The van der Waals surface area contributed by atoms with Crippen LogP contribution >= 0.6 is 15.9 Å². The predicted molar refractivity (Wildman–Crippen MR) is 48.0 cm³/mol. The molecule has 4 nitrogen and oxygen atoms in total. The Morgan fingerprint density at radius 3 is 2.73 bits per heavy atom. The lowest BCUT2D eigenvalue weighted by Gasteiger charge is -2.07. The quantitative estimate of drug-likeness (QED) is 0.835. The Kier molecular flexibility index (Phi) is 3.75. The van der Waals surface area contributed by atoms with Crippen LogP contribution in [0.2, 0.25) is 0 Å². The van der Waals surface area contributed by atoms with Gasteiger partial charge in [0.1, 0.15) is 5.69 Å². The van der Waals surface area contributed by atoms with Crippen molar-refractivity contribution >= 4 is 21.8 Å². The van der Waals surface area contributed by atoms with Crippen LogP contribution in [0.3, 0.4) is 0 Å². The standard InChI is InChI=1S/C7H6BrF3N2O2/c8-4-1-5(12-2-4)6(14)13-15-3-7(9,10)11/h1-2,12H,3H2,(H,13,14). The zero-order valence-corrected chi connectivity index (χ0v) is 8.78. The number of alkyl halides is 3. The van der Waals surface area contributed by atoms with Gasteiger partial charge in [0, 0.05) is 10.7 Å². The van der Waals surface area contributed by atoms with Crippen molar-refractivity contribution in [2.75, 3.05) is 6.61 Å². The number of carbonyl (C=O) groups excluding carboxylic acids is 1. The summed E-state index contributed by atoms with van der Waals surface area (Å²) in [5.41, 5.74) is 1.76. The van der Waals surface area contributed by atoms with Gasteiger partial charge in [0.15, 0.2) is 6.61 Å². The third-order valence-corrected chi connectivity index (χ3v) is 1.75. The van der Waals surface area contributed by atoms with Crippen molar-refractivity contribution in [3.05, 3.63) is 22.4 Å². The fourth-order valence-electron chi connectivity index (χ4n) is 0.737. The summed E-state index contributed by atoms with van der Waals surface area (Å²) in [4.78, 5) is 17.6. The Labute approximate surface area is 90.9 Å². The fourth-order valence-corrected chi connectivity index (χ4v) is 1.08. The second-order valence-corrected chi connectivity index (χ2v) is 3.48. The van der Waals surface area contributed by atoms with Gasteiger partial charge in [0.2, 0.25) is 0 Å². The largest absolute Gasteiger partial charge is 0.414 e. The summed E-state index contributed by atoms with van der Waals surface area (Å²) in [6, 6.07) is 1.41. The normalized spacial score (nSPS) is 11.5. The van der Waals surface area contributed by atoms with Gasteiger partial charge in [-0.25, -0.2) is 5.48 Å². The van der Waals surface area contributed by atoms with Crippen molar-refractivity contribution in [2.45, 2.75) is 6.18 Å². The van der Waals surface area contributed by atoms with Crippen LogP contribution in [0.1, 0.15) is 10.5 Å². The predicted octanol–water partition coefficient (Wildman–Crippen LogP) is 2.00. The Morgan fingerprint density at radius 1 is 1.60 bits per heavy atom. The van der Waals surface area contributed by atoms with Crippen molar-refractivity contribution < 1.29 is 22.8 Å². The molecule has 0 aliphatic heterocycles. The maximum atomic E-state index is 11.6. The molecule has 0 radical (unpaired) electrons. The van der Waals surface area contributed by atoms with Crippen LogP contribution in [0.25, 0.3) is 0 Å². The molecule has 8 heteroatoms. The molecule has 1 heterocycles. The average Bonchev–Trinajstić information content (AvgIpc) is 2.49. The molecule has 0 saturated carbocycles. The highest BCUT2D eigenvalue weighted by atomic mass is 79.9. The number of H-pyrrole nitrogens is 1. The first-order valence-corrected chi connectivity index (χ1v) is 4.50. The number of amides is 1. The first-order chi connectivity index (χ1) is 6.88. The lowest BCUT2D eigenvalue weighted by molar-refractivity contribution is -0.184. The molecule has 1 amide bonds. The summed E-state index contributed by atoms with van der Waals surface area (Å²) in [5, 5.41) is 0. The van der Waals surface area contributed by atoms with Crippen molar-refractivity contribution in [1.82, 2.24) is 10.5 Å². The summed E-state index contributed by atoms with van der Waals surface area (Å²) >= 11 is 3.07. The van der Waals surface area contributed by atoms with Gasteiger partial charge in [-0.2, -0.15) is 13.2 Å². The molecule has 15 heavy (non-hydrogen) atoms. The van der Waals surface area contributed by atoms with Crippen LogP contribution in [0, 0.1) is 0 Å². The van der Waals surface area contributed by atoms with Gasteiger partial charge in [-0.1, -0.05) is 0 Å². The summed E-state index contributed by atoms with van der Waals surface area (Å²) in [7, 11) is 0. The molecule has 84 valence electrons. The monoisotopic (exact) mass is 286 g/mol. The van der Waals surface area contributed by atoms with E-state index in [-0.39, 0.29) is 5.69 Å². The topological polar surface area (TPSA) is 54.1 Å². The van der Waals surface area contributed by atoms with Crippen molar-refractivity contribution in [2.24, 2.45) is 0 Å². The van der Waals surface area contributed by atoms with Gasteiger partial charge in [0.05, 0.1) is 0 Å². The third kappa shape index (κ3) is 4.34. The zero-order valence-electron chi connectivity index (χ0n) is 7.19. The van der Waals surface area contributed by atoms with E-state index in [1.54, 1.807) is 5.48 Å². The number of hydroxylamine groups is 1. The molecule has 0 fully saturated rings. The van der Waals surface area contributed by atoms with Gasteiger partial charge in [-0.15, -0.1) is 0 Å². The van der Waals surface area contributed by atoms with Crippen molar-refractivity contribution in [3.63, 3.8) is 0 Å². The number of carbonyl (C=O) groups is 1. The molecule has 0 unspecified atom stereocenters. The molecular weight excluding hydrogens is 281 g/mol. The second kappa shape index (κ2) is 4.67. The summed E-state index contributed by atoms with van der Waals surface area (Å²) in [5.74, 6) is -0.773. The molecule has 0 atom stereocenters. The summed E-state index contributed by atoms with van der Waals surface area (Å²) in [6.07, 6.45) is -3.00. The van der Waals surface area contributed by atoms with E-state index in [9.17, 15) is 18.0 Å². The van der Waals surface area contributed by atoms with Crippen LogP contribution in [0.4, 0.5) is 13.2 Å². The van der Waals surface area contributed by atoms with Gasteiger partial charge >= 0.3 is 6.18 Å². The number of hydrogen-bond acceptors (Lipinski definition) is 2. The van der Waals surface area contributed by atoms with Crippen LogP contribution in [-0.4, -0.2) is 23.7 Å². The second-order valence-electron chi connectivity index (χ2n) is 2.57. The number of nitrogens with one attached hydrogen (secondary N) is 2. The van der Waals surface area contributed by atoms with Gasteiger partial charge in [-0.05, 0) is 22.0 Å². The van der Waals surface area contributed by atoms with Gasteiger partial charge in [0.25, 0.3) is 5.91 Å². The molecule has 0 aliphatic rings. The van der Waals surface area contributed by atoms with Gasteiger partial charge in [-0.3, -0.25) is 9.63 Å². The number of hydrogen-bond donors (Lipinski definition) is 2. The Morgan fingerprint density at radius 2 is 2.27 bits per heavy atom. The van der Waals surface area contributed by atoms with E-state index in [1.807, 2.05) is 0 Å². The molecule has 0 aliphatic carbocycles. The molecule has 0 bridgehead atoms. The number of rotatable bonds is 3. The van der Waals surface area contributed by atoms with Crippen LogP contribution in [0.15, 0.2) is 16.7 Å². The lowest BCUT2D eigenvalue weighted by Crippen LogP contribution is -2.29. The Balaban J connectivity index is 2.37. The third-order valence-electron chi connectivity index (χ3n) is 1.29. The summed E-state index contributed by atoms with van der Waals surface area (Å²) in [6.45, 7) is -1.53. The highest BCUT2D eigenvalue weighted by Crippen LogP contribution is 2.14. The van der Waals surface area contributed by atoms with E-state index in [2.05, 4.69) is 25.8 Å². The number of aromatic nitrogens is 1. The highest BCUT2D eigenvalue weighted by molar-refractivity contribution is 9.10. The van der Waals surface area contributed by atoms with E-state index in [0.717, 1.165) is 0 Å². The molecule has 0 saturated heterocycles.